The van der Waals surface area contributed by atoms with E-state index in [1.807, 2.05) is 6.33 Å². The molecule has 0 aliphatic carbocycles. The summed E-state index contributed by atoms with van der Waals surface area (Å²) in [5, 5.41) is 0. The largest absolute Gasteiger partial charge is 0.336 e. The van der Waals surface area contributed by atoms with E-state index in [1.54, 1.807) is 0 Å². The molecule has 0 fully saturated rings. The minimum absolute atomic E-state index is 0.553. The first-order chi connectivity index (χ1) is 8.02. The van der Waals surface area contributed by atoms with Crippen LogP contribution in [0.15, 0.2) is 12.5 Å². The van der Waals surface area contributed by atoms with Crippen LogP contribution in [0.3, 0.4) is 0 Å². The molecule has 1 aromatic rings. The van der Waals surface area contributed by atoms with Crippen molar-refractivity contribution >= 4 is 0 Å². The highest BCUT2D eigenvalue weighted by molar-refractivity contribution is 4.97. The summed E-state index contributed by atoms with van der Waals surface area (Å²) in [6, 6.07) is 0.553. The molecule has 4 nitrogen and oxygen atoms in total. The first kappa shape index (κ1) is 14.2. The molecule has 0 aliphatic rings. The van der Waals surface area contributed by atoms with Gasteiger partial charge in [0, 0.05) is 38.4 Å². The minimum Gasteiger partial charge on any atom is -0.336 e. The monoisotopic (exact) mass is 238 g/mol. The average molecular weight is 238 g/mol. The van der Waals surface area contributed by atoms with E-state index in [0.29, 0.717) is 18.5 Å². The zero-order valence-corrected chi connectivity index (χ0v) is 11.6. The van der Waals surface area contributed by atoms with Gasteiger partial charge in [-0.3, -0.25) is 4.90 Å². The molecule has 0 aromatic carbocycles. The van der Waals surface area contributed by atoms with Gasteiger partial charge in [-0.25, -0.2) is 4.98 Å². The Morgan fingerprint density at radius 1 is 1.35 bits per heavy atom. The van der Waals surface area contributed by atoms with Gasteiger partial charge in [-0.15, -0.1) is 0 Å². The van der Waals surface area contributed by atoms with Crippen LogP contribution in [0.25, 0.3) is 0 Å². The maximum absolute atomic E-state index is 5.53. The van der Waals surface area contributed by atoms with Crippen LogP contribution in [0.1, 0.15) is 33.4 Å². The van der Waals surface area contributed by atoms with Gasteiger partial charge >= 0.3 is 0 Å². The molecular formula is C13H26N4. The van der Waals surface area contributed by atoms with Crippen LogP contribution in [0.5, 0.6) is 0 Å². The molecule has 17 heavy (non-hydrogen) atoms. The summed E-state index contributed by atoms with van der Waals surface area (Å²) < 4.78 is 2.06. The smallest absolute Gasteiger partial charge is 0.0950 e. The molecule has 0 aliphatic heterocycles. The van der Waals surface area contributed by atoms with E-state index < -0.39 is 0 Å². The van der Waals surface area contributed by atoms with E-state index >= 15 is 0 Å². The van der Waals surface area contributed by atoms with Gasteiger partial charge in [0.1, 0.15) is 0 Å². The summed E-state index contributed by atoms with van der Waals surface area (Å²) in [4.78, 5) is 6.89. The highest BCUT2D eigenvalue weighted by Gasteiger charge is 2.13. The lowest BCUT2D eigenvalue weighted by Crippen LogP contribution is -2.33. The van der Waals surface area contributed by atoms with Gasteiger partial charge in [-0.05, 0) is 19.8 Å². The fourth-order valence-electron chi connectivity index (χ4n) is 1.89. The zero-order valence-electron chi connectivity index (χ0n) is 11.6. The average Bonchev–Trinajstić information content (AvgIpc) is 2.64. The quantitative estimate of drug-likeness (QED) is 0.786. The Balaban J connectivity index is 2.58. The van der Waals surface area contributed by atoms with Gasteiger partial charge in [-0.2, -0.15) is 0 Å². The molecule has 0 unspecified atom stereocenters. The lowest BCUT2D eigenvalue weighted by molar-refractivity contribution is 0.187. The third kappa shape index (κ3) is 4.88. The molecule has 0 saturated heterocycles. The van der Waals surface area contributed by atoms with Gasteiger partial charge in [0.15, 0.2) is 0 Å². The first-order valence-corrected chi connectivity index (χ1v) is 6.47. The van der Waals surface area contributed by atoms with Gasteiger partial charge in [0.2, 0.25) is 0 Å². The maximum Gasteiger partial charge on any atom is 0.0950 e. The molecular weight excluding hydrogens is 212 g/mol. The lowest BCUT2D eigenvalue weighted by atomic mass is 10.1. The van der Waals surface area contributed by atoms with E-state index in [2.05, 4.69) is 48.3 Å². The fraction of sp³-hybridized carbons (Fsp3) is 0.769. The Labute approximate surface area is 105 Å². The number of hydrogen-bond acceptors (Lipinski definition) is 3. The molecule has 98 valence electrons. The summed E-state index contributed by atoms with van der Waals surface area (Å²) in [5.74, 6) is 0.684. The van der Waals surface area contributed by atoms with Gasteiger partial charge in [0.25, 0.3) is 0 Å². The van der Waals surface area contributed by atoms with Crippen molar-refractivity contribution in [2.24, 2.45) is 11.7 Å². The van der Waals surface area contributed by atoms with E-state index in [9.17, 15) is 0 Å². The molecule has 1 aromatic heterocycles. The molecule has 0 saturated carbocycles. The summed E-state index contributed by atoms with van der Waals surface area (Å²) >= 11 is 0. The molecule has 4 heteroatoms. The second-order valence-electron chi connectivity index (χ2n) is 5.31. The third-order valence-electron chi connectivity index (χ3n) is 2.77. The zero-order chi connectivity index (χ0) is 12.8. The summed E-state index contributed by atoms with van der Waals surface area (Å²) in [6.45, 7) is 12.5. The first-order valence-electron chi connectivity index (χ1n) is 6.47. The van der Waals surface area contributed by atoms with E-state index in [1.165, 1.54) is 0 Å². The van der Waals surface area contributed by atoms with Crippen LogP contribution in [-0.4, -0.2) is 33.6 Å². The molecule has 1 rings (SSSR count). The van der Waals surface area contributed by atoms with E-state index in [0.717, 1.165) is 25.3 Å². The van der Waals surface area contributed by atoms with Crippen molar-refractivity contribution in [1.29, 1.82) is 0 Å². The Hall–Kier alpha value is -0.870. The lowest BCUT2D eigenvalue weighted by Gasteiger charge is -2.27. The molecule has 0 spiro atoms. The fourth-order valence-corrected chi connectivity index (χ4v) is 1.89. The van der Waals surface area contributed by atoms with Crippen molar-refractivity contribution in [2.45, 2.75) is 46.8 Å². The number of imidazole rings is 1. The molecule has 2 N–H and O–H groups in total. The molecule has 0 atom stereocenters. The van der Waals surface area contributed by atoms with Gasteiger partial charge in [0.05, 0.1) is 12.0 Å². The number of aromatic nitrogens is 2. The third-order valence-corrected chi connectivity index (χ3v) is 2.77. The Morgan fingerprint density at radius 2 is 2.06 bits per heavy atom. The van der Waals surface area contributed by atoms with E-state index in [-0.39, 0.29) is 0 Å². The van der Waals surface area contributed by atoms with Crippen LogP contribution in [0.2, 0.25) is 0 Å². The highest BCUT2D eigenvalue weighted by atomic mass is 15.2. The Morgan fingerprint density at radius 3 is 2.59 bits per heavy atom. The predicted molar refractivity (Wildman–Crippen MR) is 71.7 cm³/mol. The van der Waals surface area contributed by atoms with Crippen molar-refractivity contribution in [3.8, 4) is 0 Å². The standard InChI is InChI=1S/C13H26N4/c1-11(2)7-17(12(3)4)9-13-8-16(6-5-14)10-15-13/h8,10-12H,5-7,9,14H2,1-4H3. The molecule has 0 bridgehead atoms. The van der Waals surface area contributed by atoms with Crippen molar-refractivity contribution < 1.29 is 0 Å². The second kappa shape index (κ2) is 6.77. The normalized spacial score (nSPS) is 12.0. The SMILES string of the molecule is CC(C)CN(Cc1cn(CCN)cn1)C(C)C. The Kier molecular flexibility index (Phi) is 5.65. The van der Waals surface area contributed by atoms with Crippen LogP contribution in [0, 0.1) is 5.92 Å². The van der Waals surface area contributed by atoms with E-state index in [4.69, 9.17) is 5.73 Å². The van der Waals surface area contributed by atoms with Crippen LogP contribution in [0.4, 0.5) is 0 Å². The van der Waals surface area contributed by atoms with Gasteiger partial charge < -0.3 is 10.3 Å². The molecule has 0 radical (unpaired) electrons. The highest BCUT2D eigenvalue weighted by Crippen LogP contribution is 2.09. The second-order valence-corrected chi connectivity index (χ2v) is 5.31. The van der Waals surface area contributed by atoms with Crippen LogP contribution < -0.4 is 5.73 Å². The summed E-state index contributed by atoms with van der Waals surface area (Å²) in [6.07, 6.45) is 3.97. The number of nitrogens with zero attached hydrogens (tertiary/aromatic N) is 3. The van der Waals surface area contributed by atoms with Crippen molar-refractivity contribution in [2.75, 3.05) is 13.1 Å². The topological polar surface area (TPSA) is 47.1 Å². The molecule has 1 heterocycles. The number of hydrogen-bond donors (Lipinski definition) is 1. The predicted octanol–water partition coefficient (Wildman–Crippen LogP) is 1.71. The molecule has 0 amide bonds. The number of rotatable bonds is 7. The van der Waals surface area contributed by atoms with Gasteiger partial charge in [-0.1, -0.05) is 13.8 Å². The Bertz CT molecular complexity index is 317. The van der Waals surface area contributed by atoms with Crippen LogP contribution in [-0.2, 0) is 13.1 Å². The maximum atomic E-state index is 5.53. The summed E-state index contributed by atoms with van der Waals surface area (Å²) in [5.41, 5.74) is 6.66. The number of nitrogens with two attached hydrogens (primary N) is 1. The summed E-state index contributed by atoms with van der Waals surface area (Å²) in [7, 11) is 0. The van der Waals surface area contributed by atoms with Crippen LogP contribution >= 0.6 is 0 Å². The van der Waals surface area contributed by atoms with Crippen molar-refractivity contribution in [3.05, 3.63) is 18.2 Å². The van der Waals surface area contributed by atoms with Crippen molar-refractivity contribution in [1.82, 2.24) is 14.5 Å². The minimum atomic E-state index is 0.553. The van der Waals surface area contributed by atoms with Crippen molar-refractivity contribution in [3.63, 3.8) is 0 Å².